The van der Waals surface area contributed by atoms with Gasteiger partial charge in [-0.25, -0.2) is 0 Å². The fourth-order valence-electron chi connectivity index (χ4n) is 2.42. The molecular weight excluding hydrogens is 309 g/mol. The molecule has 0 amide bonds. The topological polar surface area (TPSA) is 20.3 Å². The van der Waals surface area contributed by atoms with Gasteiger partial charge < -0.3 is 9.46 Å². The Labute approximate surface area is 138 Å². The normalized spacial score (nSPS) is 11.8. The van der Waals surface area contributed by atoms with Crippen LogP contribution in [0.5, 0.6) is 0 Å². The van der Waals surface area contributed by atoms with Crippen LogP contribution in [0, 0.1) is 0 Å². The first-order valence-electron chi connectivity index (χ1n) is 7.54. The van der Waals surface area contributed by atoms with Crippen LogP contribution in [-0.2, 0) is 4.57 Å². The van der Waals surface area contributed by atoms with Gasteiger partial charge in [0.25, 0.3) is 0 Å². The van der Waals surface area contributed by atoms with Crippen LogP contribution in [0.4, 0.5) is 0 Å². The van der Waals surface area contributed by atoms with Crippen LogP contribution < -0.4 is 10.6 Å². The van der Waals surface area contributed by atoms with E-state index >= 15 is 0 Å². The molecule has 0 aliphatic rings. The SMILES string of the molecule is CSCCN(C)CCP(=O)(c1ccccc1)c1ccccc1. The minimum atomic E-state index is -2.56. The lowest BCUT2D eigenvalue weighted by molar-refractivity contribution is 0.377. The monoisotopic (exact) mass is 333 g/mol. The second-order valence-electron chi connectivity index (χ2n) is 5.43. The van der Waals surface area contributed by atoms with Gasteiger partial charge in [-0.1, -0.05) is 60.7 Å². The fraction of sp³-hybridized carbons (Fsp3) is 0.333. The lowest BCUT2D eigenvalue weighted by atomic mass is 10.4. The summed E-state index contributed by atoms with van der Waals surface area (Å²) in [5, 5.41) is 1.92. The molecule has 0 bridgehead atoms. The maximum Gasteiger partial charge on any atom is 0.144 e. The molecule has 2 aromatic carbocycles. The summed E-state index contributed by atoms with van der Waals surface area (Å²) in [5.74, 6) is 1.11. The highest BCUT2D eigenvalue weighted by molar-refractivity contribution is 7.98. The Balaban J connectivity index is 2.22. The summed E-state index contributed by atoms with van der Waals surface area (Å²) in [6.45, 7) is 1.88. The van der Waals surface area contributed by atoms with Crippen LogP contribution in [0.2, 0.25) is 0 Å². The van der Waals surface area contributed by atoms with Crippen molar-refractivity contribution in [2.45, 2.75) is 0 Å². The lowest BCUT2D eigenvalue weighted by Gasteiger charge is -2.23. The van der Waals surface area contributed by atoms with Gasteiger partial charge in [0.1, 0.15) is 7.14 Å². The average Bonchev–Trinajstić information content (AvgIpc) is 2.59. The lowest BCUT2D eigenvalue weighted by Crippen LogP contribution is -2.28. The molecule has 0 spiro atoms. The maximum absolute atomic E-state index is 13.8. The summed E-state index contributed by atoms with van der Waals surface area (Å²) in [6, 6.07) is 19.8. The van der Waals surface area contributed by atoms with Crippen molar-refractivity contribution in [3.8, 4) is 0 Å². The molecule has 22 heavy (non-hydrogen) atoms. The zero-order valence-electron chi connectivity index (χ0n) is 13.3. The Morgan fingerprint density at radius 3 is 1.86 bits per heavy atom. The third-order valence-electron chi connectivity index (χ3n) is 3.82. The number of rotatable bonds is 8. The molecule has 0 N–H and O–H groups in total. The third-order valence-corrected chi connectivity index (χ3v) is 7.51. The summed E-state index contributed by atoms with van der Waals surface area (Å²) in [4.78, 5) is 2.27. The van der Waals surface area contributed by atoms with Crippen LogP contribution in [-0.4, -0.2) is 43.2 Å². The third kappa shape index (κ3) is 4.49. The summed E-state index contributed by atoms with van der Waals surface area (Å²) >= 11 is 1.85. The molecule has 2 aromatic rings. The van der Waals surface area contributed by atoms with E-state index < -0.39 is 7.14 Å². The molecule has 2 nitrogen and oxygen atoms in total. The Morgan fingerprint density at radius 2 is 1.41 bits per heavy atom. The summed E-state index contributed by atoms with van der Waals surface area (Å²) in [7, 11) is -0.451. The summed E-state index contributed by atoms with van der Waals surface area (Å²) < 4.78 is 13.8. The molecule has 4 heteroatoms. The minimum absolute atomic E-state index is 0.686. The fourth-order valence-corrected chi connectivity index (χ4v) is 5.65. The van der Waals surface area contributed by atoms with Gasteiger partial charge in [-0.2, -0.15) is 11.8 Å². The van der Waals surface area contributed by atoms with E-state index in [2.05, 4.69) is 18.2 Å². The first kappa shape index (κ1) is 17.3. The van der Waals surface area contributed by atoms with Gasteiger partial charge in [0.15, 0.2) is 0 Å². The van der Waals surface area contributed by atoms with Crippen LogP contribution in [0.3, 0.4) is 0 Å². The van der Waals surface area contributed by atoms with E-state index in [0.29, 0.717) is 6.16 Å². The van der Waals surface area contributed by atoms with Crippen molar-refractivity contribution in [3.63, 3.8) is 0 Å². The van der Waals surface area contributed by atoms with E-state index in [1.54, 1.807) is 0 Å². The summed E-state index contributed by atoms with van der Waals surface area (Å²) in [5.41, 5.74) is 0. The molecule has 0 atom stereocenters. The highest BCUT2D eigenvalue weighted by atomic mass is 32.2. The quantitative estimate of drug-likeness (QED) is 0.692. The summed E-state index contributed by atoms with van der Waals surface area (Å²) in [6.07, 6.45) is 2.80. The Hall–Kier alpha value is -1.02. The molecule has 0 aliphatic carbocycles. The first-order valence-corrected chi connectivity index (χ1v) is 10.8. The van der Waals surface area contributed by atoms with E-state index in [1.165, 1.54) is 0 Å². The van der Waals surface area contributed by atoms with Crippen molar-refractivity contribution in [1.29, 1.82) is 0 Å². The largest absolute Gasteiger partial charge is 0.314 e. The minimum Gasteiger partial charge on any atom is -0.314 e. The van der Waals surface area contributed by atoms with Crippen molar-refractivity contribution in [1.82, 2.24) is 4.90 Å². The van der Waals surface area contributed by atoms with Gasteiger partial charge in [0.05, 0.1) is 0 Å². The molecule has 0 saturated heterocycles. The van der Waals surface area contributed by atoms with E-state index in [9.17, 15) is 4.57 Å². The van der Waals surface area contributed by atoms with Crippen molar-refractivity contribution in [2.24, 2.45) is 0 Å². The molecule has 0 aromatic heterocycles. The maximum atomic E-state index is 13.8. The van der Waals surface area contributed by atoms with Crippen LogP contribution >= 0.6 is 18.9 Å². The second kappa shape index (κ2) is 8.57. The Kier molecular flexibility index (Phi) is 6.75. The molecule has 2 rings (SSSR count). The number of thioether (sulfide) groups is 1. The molecule has 0 unspecified atom stereocenters. The number of hydrogen-bond acceptors (Lipinski definition) is 3. The van der Waals surface area contributed by atoms with Gasteiger partial charge in [0, 0.05) is 35.6 Å². The molecule has 118 valence electrons. The highest BCUT2D eigenvalue weighted by Crippen LogP contribution is 2.42. The zero-order chi connectivity index (χ0) is 15.8. The van der Waals surface area contributed by atoms with Crippen LogP contribution in [0.15, 0.2) is 60.7 Å². The van der Waals surface area contributed by atoms with E-state index in [-0.39, 0.29) is 0 Å². The van der Waals surface area contributed by atoms with E-state index in [0.717, 1.165) is 29.5 Å². The predicted octanol–water partition coefficient (Wildman–Crippen LogP) is 3.30. The van der Waals surface area contributed by atoms with E-state index in [4.69, 9.17) is 0 Å². The van der Waals surface area contributed by atoms with Gasteiger partial charge in [0.2, 0.25) is 0 Å². The molecule has 0 radical (unpaired) electrons. The Morgan fingerprint density at radius 1 is 0.909 bits per heavy atom. The van der Waals surface area contributed by atoms with Crippen molar-refractivity contribution < 1.29 is 4.57 Å². The molecule has 0 heterocycles. The molecule has 0 saturated carbocycles. The Bertz CT molecular complexity index is 559. The van der Waals surface area contributed by atoms with Crippen molar-refractivity contribution >= 4 is 29.5 Å². The zero-order valence-corrected chi connectivity index (χ0v) is 15.0. The second-order valence-corrected chi connectivity index (χ2v) is 9.38. The van der Waals surface area contributed by atoms with Gasteiger partial charge in [-0.05, 0) is 13.3 Å². The first-order chi connectivity index (χ1) is 10.7. The number of hydrogen-bond donors (Lipinski definition) is 0. The van der Waals surface area contributed by atoms with Crippen LogP contribution in [0.25, 0.3) is 0 Å². The van der Waals surface area contributed by atoms with Crippen molar-refractivity contribution in [2.75, 3.05) is 38.3 Å². The van der Waals surface area contributed by atoms with E-state index in [1.807, 2.05) is 72.4 Å². The van der Waals surface area contributed by atoms with Gasteiger partial charge in [-0.15, -0.1) is 0 Å². The van der Waals surface area contributed by atoms with Gasteiger partial charge in [-0.3, -0.25) is 0 Å². The van der Waals surface area contributed by atoms with Gasteiger partial charge >= 0.3 is 0 Å². The predicted molar refractivity (Wildman–Crippen MR) is 101 cm³/mol. The molecule has 0 fully saturated rings. The number of benzene rings is 2. The standard InChI is InChI=1S/C18H24NOPS/c1-19(14-16-22-2)13-15-21(20,17-9-5-3-6-10-17)18-11-7-4-8-12-18/h3-12H,13-16H2,1-2H3. The molecular formula is C18H24NOPS. The molecule has 0 aliphatic heterocycles. The van der Waals surface area contributed by atoms with Crippen molar-refractivity contribution in [3.05, 3.63) is 60.7 Å². The highest BCUT2D eigenvalue weighted by Gasteiger charge is 2.26. The average molecular weight is 333 g/mol. The van der Waals surface area contributed by atoms with Crippen LogP contribution in [0.1, 0.15) is 0 Å². The smallest absolute Gasteiger partial charge is 0.144 e. The number of nitrogens with zero attached hydrogens (tertiary/aromatic N) is 1.